The van der Waals surface area contributed by atoms with Crippen LogP contribution in [0.15, 0.2) is 0 Å². The quantitative estimate of drug-likeness (QED) is 0.569. The summed E-state index contributed by atoms with van der Waals surface area (Å²) >= 11 is 0. The van der Waals surface area contributed by atoms with Gasteiger partial charge in [-0.3, -0.25) is 4.79 Å². The first kappa shape index (κ1) is 7.98. The number of carbonyl (C=O) groups excluding carboxylic acids is 1. The smallest absolute Gasteiger partial charge is 0.142 e. The fourth-order valence-electron chi connectivity index (χ4n) is 3.54. The van der Waals surface area contributed by atoms with Crippen molar-refractivity contribution < 1.29 is 9.53 Å². The van der Waals surface area contributed by atoms with E-state index in [-0.39, 0.29) is 17.1 Å². The molecule has 0 amide bonds. The van der Waals surface area contributed by atoms with E-state index in [0.29, 0.717) is 11.7 Å². The molecule has 0 bridgehead atoms. The Morgan fingerprint density at radius 1 is 1.46 bits per heavy atom. The third kappa shape index (κ3) is 0.762. The van der Waals surface area contributed by atoms with Crippen molar-refractivity contribution >= 4 is 5.78 Å². The Morgan fingerprint density at radius 3 is 2.85 bits per heavy atom. The van der Waals surface area contributed by atoms with Crippen LogP contribution in [0.5, 0.6) is 0 Å². The zero-order valence-corrected chi connectivity index (χ0v) is 8.30. The zero-order chi connectivity index (χ0) is 9.27. The molecule has 1 aliphatic heterocycles. The topological polar surface area (TPSA) is 26.3 Å². The van der Waals surface area contributed by atoms with Gasteiger partial charge in [0.15, 0.2) is 0 Å². The molecule has 1 spiro atoms. The minimum atomic E-state index is -0.0370. The second-order valence-corrected chi connectivity index (χ2v) is 5.32. The SMILES string of the molecule is CC1(C)O[C@H]2CCCC(=O)[C@@]23C[C@@H]13. The van der Waals surface area contributed by atoms with Crippen molar-refractivity contribution in [2.45, 2.75) is 51.2 Å². The molecule has 1 saturated heterocycles. The molecule has 3 aliphatic rings. The van der Waals surface area contributed by atoms with E-state index in [1.807, 2.05) is 0 Å². The third-order valence-electron chi connectivity index (χ3n) is 4.25. The Bertz CT molecular complexity index is 282. The van der Waals surface area contributed by atoms with Crippen LogP contribution in [-0.2, 0) is 9.53 Å². The van der Waals surface area contributed by atoms with E-state index in [0.717, 1.165) is 25.7 Å². The molecule has 1 heterocycles. The predicted molar refractivity (Wildman–Crippen MR) is 48.4 cm³/mol. The molecule has 13 heavy (non-hydrogen) atoms. The van der Waals surface area contributed by atoms with Crippen LogP contribution in [0.3, 0.4) is 0 Å². The summed E-state index contributed by atoms with van der Waals surface area (Å²) in [6, 6.07) is 0. The fourth-order valence-corrected chi connectivity index (χ4v) is 3.54. The summed E-state index contributed by atoms with van der Waals surface area (Å²) in [5.74, 6) is 1.01. The molecule has 0 radical (unpaired) electrons. The summed E-state index contributed by atoms with van der Waals surface area (Å²) in [5, 5.41) is 0. The number of hydrogen-bond donors (Lipinski definition) is 0. The van der Waals surface area contributed by atoms with Gasteiger partial charge in [-0.2, -0.15) is 0 Å². The first-order valence-corrected chi connectivity index (χ1v) is 5.28. The summed E-state index contributed by atoms with van der Waals surface area (Å²) in [4.78, 5) is 11.8. The van der Waals surface area contributed by atoms with Crippen molar-refractivity contribution in [2.75, 3.05) is 0 Å². The largest absolute Gasteiger partial charge is 0.371 e. The molecule has 0 aromatic carbocycles. The molecule has 72 valence electrons. The normalized spacial score (nSPS) is 51.4. The van der Waals surface area contributed by atoms with Gasteiger partial charge in [-0.15, -0.1) is 0 Å². The summed E-state index contributed by atoms with van der Waals surface area (Å²) < 4.78 is 5.96. The van der Waals surface area contributed by atoms with E-state index in [2.05, 4.69) is 13.8 Å². The van der Waals surface area contributed by atoms with Gasteiger partial charge in [-0.05, 0) is 33.1 Å². The summed E-state index contributed by atoms with van der Waals surface area (Å²) in [6.45, 7) is 4.27. The monoisotopic (exact) mass is 180 g/mol. The first-order valence-electron chi connectivity index (χ1n) is 5.28. The Hall–Kier alpha value is -0.370. The second-order valence-electron chi connectivity index (χ2n) is 5.32. The van der Waals surface area contributed by atoms with Gasteiger partial charge in [0.05, 0.1) is 17.1 Å². The van der Waals surface area contributed by atoms with Crippen molar-refractivity contribution in [3.63, 3.8) is 0 Å². The lowest BCUT2D eigenvalue weighted by Crippen LogP contribution is -2.34. The highest BCUT2D eigenvalue weighted by atomic mass is 16.5. The van der Waals surface area contributed by atoms with Gasteiger partial charge >= 0.3 is 0 Å². The molecular weight excluding hydrogens is 164 g/mol. The highest BCUT2D eigenvalue weighted by Gasteiger charge is 2.75. The van der Waals surface area contributed by atoms with Gasteiger partial charge in [0.25, 0.3) is 0 Å². The highest BCUT2D eigenvalue weighted by molar-refractivity contribution is 5.90. The van der Waals surface area contributed by atoms with E-state index in [1.54, 1.807) is 0 Å². The highest BCUT2D eigenvalue weighted by Crippen LogP contribution is 2.70. The van der Waals surface area contributed by atoms with Gasteiger partial charge < -0.3 is 4.74 Å². The minimum absolute atomic E-state index is 0.0122. The lowest BCUT2D eigenvalue weighted by molar-refractivity contribution is -0.133. The van der Waals surface area contributed by atoms with Crippen molar-refractivity contribution in [1.29, 1.82) is 0 Å². The van der Waals surface area contributed by atoms with Crippen LogP contribution in [0, 0.1) is 11.3 Å². The number of rotatable bonds is 0. The fraction of sp³-hybridized carbons (Fsp3) is 0.909. The van der Waals surface area contributed by atoms with Crippen LogP contribution in [0.2, 0.25) is 0 Å². The number of carbonyl (C=O) groups is 1. The summed E-state index contributed by atoms with van der Waals surface area (Å²) in [5.41, 5.74) is -0.0492. The molecule has 2 heteroatoms. The molecule has 2 saturated carbocycles. The van der Waals surface area contributed by atoms with Gasteiger partial charge in [-0.1, -0.05) is 0 Å². The Kier molecular flexibility index (Phi) is 1.23. The van der Waals surface area contributed by atoms with E-state index in [4.69, 9.17) is 4.74 Å². The van der Waals surface area contributed by atoms with Gasteiger partial charge in [-0.25, -0.2) is 0 Å². The Balaban J connectivity index is 1.99. The van der Waals surface area contributed by atoms with Crippen molar-refractivity contribution in [2.24, 2.45) is 11.3 Å². The first-order chi connectivity index (χ1) is 6.07. The number of ether oxygens (including phenoxy) is 1. The van der Waals surface area contributed by atoms with Crippen molar-refractivity contribution in [1.82, 2.24) is 0 Å². The summed E-state index contributed by atoms with van der Waals surface area (Å²) in [6.07, 6.45) is 4.30. The van der Waals surface area contributed by atoms with Crippen LogP contribution in [0.25, 0.3) is 0 Å². The molecule has 0 unspecified atom stereocenters. The maximum absolute atomic E-state index is 11.8. The van der Waals surface area contributed by atoms with Crippen molar-refractivity contribution in [3.05, 3.63) is 0 Å². The van der Waals surface area contributed by atoms with Crippen LogP contribution in [0.1, 0.15) is 39.5 Å². The maximum atomic E-state index is 11.8. The van der Waals surface area contributed by atoms with E-state index < -0.39 is 0 Å². The molecule has 0 aromatic heterocycles. The van der Waals surface area contributed by atoms with Gasteiger partial charge in [0.2, 0.25) is 0 Å². The molecule has 2 nitrogen and oxygen atoms in total. The minimum Gasteiger partial charge on any atom is -0.371 e. The molecule has 0 aromatic rings. The van der Waals surface area contributed by atoms with Crippen LogP contribution in [-0.4, -0.2) is 17.5 Å². The molecule has 3 fully saturated rings. The standard InChI is InChI=1S/C11H16O2/c1-10(2)7-6-11(7)8(12)4-3-5-9(11)13-10/h7,9H,3-6H2,1-2H3/t7-,9-,11-/m0/s1. The molecule has 3 atom stereocenters. The Labute approximate surface area is 78.6 Å². The average Bonchev–Trinajstić information content (AvgIpc) is 2.71. The molecular formula is C11H16O2. The molecule has 0 N–H and O–H groups in total. The van der Waals surface area contributed by atoms with Crippen LogP contribution >= 0.6 is 0 Å². The van der Waals surface area contributed by atoms with Gasteiger partial charge in [0, 0.05) is 12.3 Å². The zero-order valence-electron chi connectivity index (χ0n) is 8.30. The van der Waals surface area contributed by atoms with Crippen molar-refractivity contribution in [3.8, 4) is 0 Å². The predicted octanol–water partition coefficient (Wildman–Crippen LogP) is 1.92. The lowest BCUT2D eigenvalue weighted by atomic mass is 9.81. The Morgan fingerprint density at radius 2 is 2.23 bits per heavy atom. The third-order valence-corrected chi connectivity index (χ3v) is 4.25. The van der Waals surface area contributed by atoms with E-state index >= 15 is 0 Å². The van der Waals surface area contributed by atoms with Crippen LogP contribution in [0.4, 0.5) is 0 Å². The number of Topliss-reactive ketones (excluding diaryl/α,β-unsaturated/α-hetero) is 1. The van der Waals surface area contributed by atoms with Crippen LogP contribution < -0.4 is 0 Å². The molecule has 3 rings (SSSR count). The van der Waals surface area contributed by atoms with Gasteiger partial charge in [0.1, 0.15) is 5.78 Å². The molecule has 2 aliphatic carbocycles. The average molecular weight is 180 g/mol. The number of ketones is 1. The maximum Gasteiger partial charge on any atom is 0.142 e. The number of hydrogen-bond acceptors (Lipinski definition) is 2. The van der Waals surface area contributed by atoms with E-state index in [9.17, 15) is 4.79 Å². The van der Waals surface area contributed by atoms with E-state index in [1.165, 1.54) is 0 Å². The second kappa shape index (κ2) is 2.00. The summed E-state index contributed by atoms with van der Waals surface area (Å²) in [7, 11) is 0. The lowest BCUT2D eigenvalue weighted by Gasteiger charge is -2.28.